The topological polar surface area (TPSA) is 77.3 Å². The molecule has 0 spiro atoms. The molecule has 0 aliphatic rings. The molecule has 94 valence electrons. The number of rotatable bonds is 5. The van der Waals surface area contributed by atoms with Gasteiger partial charge in [-0.25, -0.2) is 4.98 Å². The molecule has 0 atom stereocenters. The first-order valence-electron chi connectivity index (χ1n) is 4.93. The number of hydrogen-bond donors (Lipinski definition) is 1. The van der Waals surface area contributed by atoms with E-state index in [9.17, 15) is 10.1 Å². The molecular formula is C10H14BrN3O3. The van der Waals surface area contributed by atoms with Gasteiger partial charge in [-0.2, -0.15) is 0 Å². The van der Waals surface area contributed by atoms with E-state index in [-0.39, 0.29) is 11.2 Å². The number of hydrogen-bond acceptors (Lipinski definition) is 5. The fourth-order valence-corrected chi connectivity index (χ4v) is 1.77. The van der Waals surface area contributed by atoms with Gasteiger partial charge in [0.1, 0.15) is 12.0 Å². The summed E-state index contributed by atoms with van der Waals surface area (Å²) in [6.07, 6.45) is 1.22. The van der Waals surface area contributed by atoms with Gasteiger partial charge in [-0.15, -0.1) is 0 Å². The lowest BCUT2D eigenvalue weighted by Gasteiger charge is -2.26. The molecule has 0 bridgehead atoms. The lowest BCUT2D eigenvalue weighted by molar-refractivity contribution is -0.385. The smallest absolute Gasteiger partial charge is 0.288 e. The Kier molecular flexibility index (Phi) is 4.41. The third-order valence-corrected chi connectivity index (χ3v) is 2.60. The average Bonchev–Trinajstić information content (AvgIpc) is 2.20. The Bertz CT molecular complexity index is 423. The van der Waals surface area contributed by atoms with E-state index < -0.39 is 4.92 Å². The van der Waals surface area contributed by atoms with E-state index in [4.69, 9.17) is 4.74 Å². The summed E-state index contributed by atoms with van der Waals surface area (Å²) >= 11 is 3.25. The Labute approximate surface area is 108 Å². The van der Waals surface area contributed by atoms with Crippen LogP contribution >= 0.6 is 15.9 Å². The minimum absolute atomic E-state index is 0.0491. The zero-order valence-electron chi connectivity index (χ0n) is 9.86. The van der Waals surface area contributed by atoms with Crippen LogP contribution in [0.15, 0.2) is 16.7 Å². The Balaban J connectivity index is 2.90. The van der Waals surface area contributed by atoms with Gasteiger partial charge in [-0.05, 0) is 29.8 Å². The average molecular weight is 304 g/mol. The maximum atomic E-state index is 10.6. The number of ether oxygens (including phenoxy) is 1. The van der Waals surface area contributed by atoms with Gasteiger partial charge in [0, 0.05) is 13.2 Å². The van der Waals surface area contributed by atoms with Gasteiger partial charge >= 0.3 is 0 Å². The highest BCUT2D eigenvalue weighted by atomic mass is 79.9. The van der Waals surface area contributed by atoms with E-state index >= 15 is 0 Å². The predicted molar refractivity (Wildman–Crippen MR) is 68.2 cm³/mol. The second-order valence-electron chi connectivity index (χ2n) is 4.22. The predicted octanol–water partition coefficient (Wildman–Crippen LogP) is 2.59. The summed E-state index contributed by atoms with van der Waals surface area (Å²) in [6, 6.07) is 1.41. The Morgan fingerprint density at radius 3 is 2.76 bits per heavy atom. The minimum atomic E-state index is -0.484. The molecule has 1 rings (SSSR count). The van der Waals surface area contributed by atoms with Crippen LogP contribution in [0.25, 0.3) is 0 Å². The summed E-state index contributed by atoms with van der Waals surface area (Å²) in [5.41, 5.74) is -0.354. The summed E-state index contributed by atoms with van der Waals surface area (Å²) in [5.74, 6) is 0.553. The van der Waals surface area contributed by atoms with Crippen LogP contribution in [-0.2, 0) is 4.74 Å². The van der Waals surface area contributed by atoms with Crippen LogP contribution in [0.3, 0.4) is 0 Å². The van der Waals surface area contributed by atoms with E-state index in [1.165, 1.54) is 12.3 Å². The van der Waals surface area contributed by atoms with Crippen LogP contribution in [0.4, 0.5) is 11.5 Å². The van der Waals surface area contributed by atoms with Gasteiger partial charge in [0.15, 0.2) is 0 Å². The summed E-state index contributed by atoms with van der Waals surface area (Å²) in [5, 5.41) is 13.7. The largest absolute Gasteiger partial charge is 0.382 e. The molecule has 0 aromatic carbocycles. The number of nitro groups is 1. The molecule has 0 fully saturated rings. The van der Waals surface area contributed by atoms with Crippen molar-refractivity contribution in [1.82, 2.24) is 4.98 Å². The second kappa shape index (κ2) is 5.42. The van der Waals surface area contributed by atoms with Crippen LogP contribution in [0.1, 0.15) is 13.8 Å². The van der Waals surface area contributed by atoms with Gasteiger partial charge < -0.3 is 10.1 Å². The van der Waals surface area contributed by atoms with Crippen molar-refractivity contribution in [3.8, 4) is 0 Å². The van der Waals surface area contributed by atoms with Gasteiger partial charge in [0.2, 0.25) is 0 Å². The number of halogens is 1. The quantitative estimate of drug-likeness (QED) is 0.668. The molecule has 0 saturated heterocycles. The summed E-state index contributed by atoms with van der Waals surface area (Å²) in [7, 11) is 1.61. The number of methoxy groups -OCH3 is 1. The van der Waals surface area contributed by atoms with E-state index in [2.05, 4.69) is 26.2 Å². The first kappa shape index (κ1) is 13.9. The van der Waals surface area contributed by atoms with Crippen LogP contribution < -0.4 is 5.32 Å². The maximum Gasteiger partial charge on any atom is 0.288 e. The van der Waals surface area contributed by atoms with Crippen LogP contribution in [-0.4, -0.2) is 29.2 Å². The normalized spacial score (nSPS) is 11.3. The number of pyridine rings is 1. The first-order valence-corrected chi connectivity index (χ1v) is 5.72. The molecule has 1 heterocycles. The van der Waals surface area contributed by atoms with Crippen molar-refractivity contribution in [1.29, 1.82) is 0 Å². The lowest BCUT2D eigenvalue weighted by atomic mass is 10.1. The standard InChI is InChI=1S/C10H14BrN3O3/c1-10(2,6-17-3)13-9-8(11)4-7(5-12-9)14(15)16/h4-5H,6H2,1-3H3,(H,12,13). The summed E-state index contributed by atoms with van der Waals surface area (Å²) in [4.78, 5) is 14.1. The van der Waals surface area contributed by atoms with E-state index in [0.717, 1.165) is 0 Å². The molecule has 1 aromatic heterocycles. The van der Waals surface area contributed by atoms with Crippen molar-refractivity contribution >= 4 is 27.4 Å². The second-order valence-corrected chi connectivity index (χ2v) is 5.08. The third-order valence-electron chi connectivity index (χ3n) is 2.00. The Morgan fingerprint density at radius 2 is 2.29 bits per heavy atom. The number of aromatic nitrogens is 1. The molecule has 0 amide bonds. The Hall–Kier alpha value is -1.21. The molecule has 0 radical (unpaired) electrons. The maximum absolute atomic E-state index is 10.6. The zero-order valence-corrected chi connectivity index (χ0v) is 11.4. The molecule has 0 unspecified atom stereocenters. The van der Waals surface area contributed by atoms with Crippen LogP contribution in [0.5, 0.6) is 0 Å². The van der Waals surface area contributed by atoms with E-state index in [1.807, 2.05) is 13.8 Å². The lowest BCUT2D eigenvalue weighted by Crippen LogP contribution is -2.36. The highest BCUT2D eigenvalue weighted by Gasteiger charge is 2.20. The first-order chi connectivity index (χ1) is 7.85. The number of anilines is 1. The molecule has 17 heavy (non-hydrogen) atoms. The van der Waals surface area contributed by atoms with Crippen molar-refractivity contribution < 1.29 is 9.66 Å². The van der Waals surface area contributed by atoms with Gasteiger partial charge in [-0.3, -0.25) is 10.1 Å². The fraction of sp³-hybridized carbons (Fsp3) is 0.500. The summed E-state index contributed by atoms with van der Waals surface area (Å²) < 4.78 is 5.62. The van der Waals surface area contributed by atoms with Crippen LogP contribution in [0, 0.1) is 10.1 Å². The van der Waals surface area contributed by atoms with Gasteiger partial charge in [-0.1, -0.05) is 0 Å². The van der Waals surface area contributed by atoms with Crippen molar-refractivity contribution in [3.05, 3.63) is 26.9 Å². The molecule has 7 heteroatoms. The fourth-order valence-electron chi connectivity index (χ4n) is 1.34. The molecule has 0 aliphatic carbocycles. The number of nitrogens with zero attached hydrogens (tertiary/aromatic N) is 2. The molecule has 6 nitrogen and oxygen atoms in total. The van der Waals surface area contributed by atoms with Gasteiger partial charge in [0.25, 0.3) is 5.69 Å². The molecule has 0 saturated carbocycles. The SMILES string of the molecule is COCC(C)(C)Nc1ncc([N+](=O)[O-])cc1Br. The third kappa shape index (κ3) is 3.94. The molecular weight excluding hydrogens is 290 g/mol. The van der Waals surface area contributed by atoms with E-state index in [0.29, 0.717) is 16.9 Å². The molecule has 1 N–H and O–H groups in total. The minimum Gasteiger partial charge on any atom is -0.382 e. The van der Waals surface area contributed by atoms with Crippen molar-refractivity contribution in [2.24, 2.45) is 0 Å². The Morgan fingerprint density at radius 1 is 1.65 bits per heavy atom. The van der Waals surface area contributed by atoms with Crippen molar-refractivity contribution in [3.63, 3.8) is 0 Å². The molecule has 1 aromatic rings. The highest BCUT2D eigenvalue weighted by molar-refractivity contribution is 9.10. The molecule has 0 aliphatic heterocycles. The van der Waals surface area contributed by atoms with Crippen molar-refractivity contribution in [2.45, 2.75) is 19.4 Å². The van der Waals surface area contributed by atoms with Gasteiger partial charge in [0.05, 0.1) is 21.5 Å². The van der Waals surface area contributed by atoms with E-state index in [1.54, 1.807) is 7.11 Å². The monoisotopic (exact) mass is 303 g/mol. The van der Waals surface area contributed by atoms with Crippen molar-refractivity contribution in [2.75, 3.05) is 19.0 Å². The summed E-state index contributed by atoms with van der Waals surface area (Å²) in [6.45, 7) is 4.40. The van der Waals surface area contributed by atoms with Crippen LogP contribution in [0.2, 0.25) is 0 Å². The zero-order chi connectivity index (χ0) is 13.1. The number of nitrogens with one attached hydrogen (secondary N) is 1. The highest BCUT2D eigenvalue weighted by Crippen LogP contribution is 2.26.